The van der Waals surface area contributed by atoms with E-state index < -0.39 is 0 Å². The van der Waals surface area contributed by atoms with E-state index in [1.165, 1.54) is 76.7 Å². The highest BCUT2D eigenvalue weighted by atomic mass is 14.9. The van der Waals surface area contributed by atoms with Crippen molar-refractivity contribution in [2.24, 2.45) is 0 Å². The SMILES string of the molecule is CC(C)(C)c1cc2c3ccccc3c3c(-c4ccccc4)c(-c4ccccc4)c4c5ccccc5c(c1)c2n34. The average Bonchev–Trinajstić information content (AvgIpc) is 3.34. The Morgan fingerprint density at radius 3 is 1.21 bits per heavy atom. The predicted octanol–water partition coefficient (Wildman–Crippen LogP) is 10.6. The van der Waals surface area contributed by atoms with Crippen LogP contribution in [0, 0.1) is 0 Å². The lowest BCUT2D eigenvalue weighted by molar-refractivity contribution is 0.592. The molecule has 0 spiro atoms. The zero-order chi connectivity index (χ0) is 26.3. The predicted molar refractivity (Wildman–Crippen MR) is 168 cm³/mol. The van der Waals surface area contributed by atoms with Crippen molar-refractivity contribution in [1.82, 2.24) is 4.40 Å². The number of benzene rings is 5. The van der Waals surface area contributed by atoms with Crippen LogP contribution in [0.5, 0.6) is 0 Å². The first-order valence-electron chi connectivity index (χ1n) is 13.8. The van der Waals surface area contributed by atoms with Gasteiger partial charge in [0.1, 0.15) is 0 Å². The van der Waals surface area contributed by atoms with E-state index >= 15 is 0 Å². The van der Waals surface area contributed by atoms with E-state index in [-0.39, 0.29) is 5.41 Å². The van der Waals surface area contributed by atoms with Crippen LogP contribution < -0.4 is 0 Å². The molecule has 0 N–H and O–H groups in total. The summed E-state index contributed by atoms with van der Waals surface area (Å²) in [5, 5.41) is 7.86. The lowest BCUT2D eigenvalue weighted by Gasteiger charge is -2.23. The Kier molecular flexibility index (Phi) is 4.56. The van der Waals surface area contributed by atoms with Gasteiger partial charge in [0.05, 0.1) is 16.6 Å². The number of fused-ring (bicyclic) bond motifs is 6. The summed E-state index contributed by atoms with van der Waals surface area (Å²) in [6.45, 7) is 6.95. The average molecular weight is 500 g/mol. The molecule has 0 amide bonds. The third-order valence-corrected chi connectivity index (χ3v) is 8.44. The van der Waals surface area contributed by atoms with E-state index in [4.69, 9.17) is 0 Å². The molecule has 0 saturated heterocycles. The van der Waals surface area contributed by atoms with Crippen LogP contribution in [0.25, 0.3) is 71.1 Å². The molecule has 0 saturated carbocycles. The summed E-state index contributed by atoms with van der Waals surface area (Å²) in [6, 6.07) is 44.8. The first kappa shape index (κ1) is 22.4. The van der Waals surface area contributed by atoms with Gasteiger partial charge < -0.3 is 4.40 Å². The van der Waals surface area contributed by atoms with E-state index in [0.29, 0.717) is 0 Å². The molecule has 5 aromatic carbocycles. The van der Waals surface area contributed by atoms with Gasteiger partial charge in [-0.1, -0.05) is 130 Å². The normalized spacial score (nSPS) is 12.5. The second kappa shape index (κ2) is 7.94. The van der Waals surface area contributed by atoms with Crippen LogP contribution in [0.1, 0.15) is 26.3 Å². The molecule has 39 heavy (non-hydrogen) atoms. The molecule has 1 heteroatoms. The molecule has 0 atom stereocenters. The Balaban J connectivity index is 1.78. The smallest absolute Gasteiger partial charge is 0.0626 e. The maximum atomic E-state index is 2.59. The van der Waals surface area contributed by atoms with Gasteiger partial charge in [-0.2, -0.15) is 0 Å². The van der Waals surface area contributed by atoms with E-state index in [1.54, 1.807) is 0 Å². The fourth-order valence-corrected chi connectivity index (χ4v) is 6.65. The van der Waals surface area contributed by atoms with Crippen LogP contribution in [0.15, 0.2) is 121 Å². The van der Waals surface area contributed by atoms with Crippen molar-refractivity contribution in [3.05, 3.63) is 127 Å². The molecule has 0 fully saturated rings. The number of nitrogens with zero attached hydrogens (tertiary/aromatic N) is 1. The molecule has 186 valence electrons. The first-order chi connectivity index (χ1) is 19.0. The third kappa shape index (κ3) is 3.08. The van der Waals surface area contributed by atoms with Gasteiger partial charge >= 0.3 is 0 Å². The molecule has 0 radical (unpaired) electrons. The van der Waals surface area contributed by atoms with Crippen LogP contribution in [0.2, 0.25) is 0 Å². The molecule has 3 heterocycles. The number of hydrogen-bond acceptors (Lipinski definition) is 0. The van der Waals surface area contributed by atoms with Crippen molar-refractivity contribution in [3.63, 3.8) is 0 Å². The van der Waals surface area contributed by atoms with E-state index in [9.17, 15) is 0 Å². The fourth-order valence-electron chi connectivity index (χ4n) is 6.65. The van der Waals surface area contributed by atoms with E-state index in [0.717, 1.165) is 0 Å². The van der Waals surface area contributed by atoms with Crippen LogP contribution in [-0.2, 0) is 5.41 Å². The van der Waals surface area contributed by atoms with Gasteiger partial charge in [0.25, 0.3) is 0 Å². The maximum Gasteiger partial charge on any atom is 0.0626 e. The second-order valence-electron chi connectivity index (χ2n) is 11.8. The van der Waals surface area contributed by atoms with Crippen LogP contribution in [0.4, 0.5) is 0 Å². The third-order valence-electron chi connectivity index (χ3n) is 8.44. The zero-order valence-corrected chi connectivity index (χ0v) is 22.5. The van der Waals surface area contributed by atoms with Crippen molar-refractivity contribution >= 4 is 48.9 Å². The van der Waals surface area contributed by atoms with E-state index in [1.807, 2.05) is 0 Å². The number of hydrogen-bond donors (Lipinski definition) is 0. The van der Waals surface area contributed by atoms with Gasteiger partial charge in [0.2, 0.25) is 0 Å². The Bertz CT molecular complexity index is 2030. The molecule has 0 aliphatic rings. The summed E-state index contributed by atoms with van der Waals surface area (Å²) in [7, 11) is 0. The van der Waals surface area contributed by atoms with Gasteiger partial charge in [-0.15, -0.1) is 0 Å². The molecule has 8 rings (SSSR count). The minimum atomic E-state index is 0.0387. The van der Waals surface area contributed by atoms with Crippen molar-refractivity contribution < 1.29 is 0 Å². The molecule has 0 bridgehead atoms. The minimum Gasteiger partial charge on any atom is -0.307 e. The molecular formula is C38H29N. The monoisotopic (exact) mass is 499 g/mol. The molecule has 8 aromatic rings. The summed E-state index contributed by atoms with van der Waals surface area (Å²) >= 11 is 0. The molecule has 0 unspecified atom stereocenters. The molecule has 0 aliphatic carbocycles. The molecular weight excluding hydrogens is 470 g/mol. The minimum absolute atomic E-state index is 0.0387. The molecule has 0 aliphatic heterocycles. The highest BCUT2D eigenvalue weighted by Crippen LogP contribution is 2.50. The number of rotatable bonds is 2. The quantitative estimate of drug-likeness (QED) is 0.165. The lowest BCUT2D eigenvalue weighted by atomic mass is 9.84. The van der Waals surface area contributed by atoms with Gasteiger partial charge in [0, 0.05) is 32.7 Å². The van der Waals surface area contributed by atoms with E-state index in [2.05, 4.69) is 146 Å². The van der Waals surface area contributed by atoms with Gasteiger partial charge in [-0.25, -0.2) is 0 Å². The van der Waals surface area contributed by atoms with Crippen LogP contribution >= 0.6 is 0 Å². The summed E-state index contributed by atoms with van der Waals surface area (Å²) in [5.74, 6) is 0. The summed E-state index contributed by atoms with van der Waals surface area (Å²) in [6.07, 6.45) is 0. The second-order valence-corrected chi connectivity index (χ2v) is 11.8. The largest absolute Gasteiger partial charge is 0.307 e. The summed E-state index contributed by atoms with van der Waals surface area (Å²) < 4.78 is 2.59. The fraction of sp³-hybridized carbons (Fsp3) is 0.105. The van der Waals surface area contributed by atoms with Crippen LogP contribution in [-0.4, -0.2) is 4.40 Å². The van der Waals surface area contributed by atoms with Gasteiger partial charge in [-0.05, 0) is 45.0 Å². The first-order valence-corrected chi connectivity index (χ1v) is 13.8. The van der Waals surface area contributed by atoms with Gasteiger partial charge in [-0.3, -0.25) is 0 Å². The highest BCUT2D eigenvalue weighted by molar-refractivity contribution is 6.30. The van der Waals surface area contributed by atoms with Crippen molar-refractivity contribution in [1.29, 1.82) is 0 Å². The summed E-state index contributed by atoms with van der Waals surface area (Å²) in [5.41, 5.74) is 10.4. The number of aromatic nitrogens is 1. The Labute approximate surface area is 228 Å². The maximum absolute atomic E-state index is 2.59. The standard InChI is InChI=1S/C38H29N/c1-38(2,3)26-22-31-27-18-10-12-20-29(27)36-33(24-14-6-4-7-15-24)34(25-16-8-5-9-17-25)37-30-21-13-11-19-28(30)32(23-26)35(31)39(36)37/h4-23H,1-3H3. The van der Waals surface area contributed by atoms with Crippen molar-refractivity contribution in [3.8, 4) is 22.3 Å². The molecule has 1 nitrogen and oxygen atoms in total. The van der Waals surface area contributed by atoms with Crippen LogP contribution in [0.3, 0.4) is 0 Å². The van der Waals surface area contributed by atoms with Gasteiger partial charge in [0.15, 0.2) is 0 Å². The summed E-state index contributed by atoms with van der Waals surface area (Å²) in [4.78, 5) is 0. The lowest BCUT2D eigenvalue weighted by Crippen LogP contribution is -2.11. The molecule has 3 aromatic heterocycles. The Morgan fingerprint density at radius 2 is 0.795 bits per heavy atom. The zero-order valence-electron chi connectivity index (χ0n) is 22.5. The highest BCUT2D eigenvalue weighted by Gasteiger charge is 2.27. The Hall–Kier alpha value is -4.62. The number of pyridine rings is 2. The van der Waals surface area contributed by atoms with Crippen molar-refractivity contribution in [2.45, 2.75) is 26.2 Å². The Morgan fingerprint density at radius 1 is 0.410 bits per heavy atom. The topological polar surface area (TPSA) is 4.41 Å². The van der Waals surface area contributed by atoms with Crippen molar-refractivity contribution in [2.75, 3.05) is 0 Å².